The molecule has 3 atom stereocenters. The minimum absolute atomic E-state index is 0.108. The van der Waals surface area contributed by atoms with Crippen molar-refractivity contribution in [1.29, 1.82) is 21.2 Å². The lowest BCUT2D eigenvalue weighted by Gasteiger charge is -2.47. The predicted octanol–water partition coefficient (Wildman–Crippen LogP) is 2.86. The predicted molar refractivity (Wildman–Crippen MR) is 99.9 cm³/mol. The minimum Gasteiger partial charge on any atom is -0.497 e. The fraction of sp³-hybridized carbons (Fsp3) is 0.429. The van der Waals surface area contributed by atoms with E-state index in [4.69, 9.17) is 10.1 Å². The average molecular weight is 359 g/mol. The molecule has 1 heterocycles. The highest BCUT2D eigenvalue weighted by Crippen LogP contribution is 2.53. The second-order valence-corrected chi connectivity index (χ2v) is 6.92. The number of ether oxygens (including phenoxy) is 1. The van der Waals surface area contributed by atoms with Crippen molar-refractivity contribution in [2.24, 2.45) is 17.3 Å². The van der Waals surface area contributed by atoms with Crippen LogP contribution in [0.25, 0.3) is 0 Å². The van der Waals surface area contributed by atoms with Crippen molar-refractivity contribution in [3.05, 3.63) is 41.5 Å². The molecule has 0 bridgehead atoms. The molecule has 0 aromatic heterocycles. The van der Waals surface area contributed by atoms with Gasteiger partial charge in [0, 0.05) is 24.9 Å². The highest BCUT2D eigenvalue weighted by Gasteiger charge is 2.57. The van der Waals surface area contributed by atoms with Crippen molar-refractivity contribution < 1.29 is 4.74 Å². The minimum atomic E-state index is -1.66. The van der Waals surface area contributed by atoms with E-state index in [1.807, 2.05) is 18.2 Å². The molecule has 1 aromatic rings. The summed E-state index contributed by atoms with van der Waals surface area (Å²) in [6.07, 6.45) is 2.01. The van der Waals surface area contributed by atoms with Gasteiger partial charge in [0.05, 0.1) is 31.0 Å². The van der Waals surface area contributed by atoms with Crippen LogP contribution in [0.1, 0.15) is 18.4 Å². The number of hydrogen-bond donors (Lipinski definition) is 1. The van der Waals surface area contributed by atoms with Crippen molar-refractivity contribution >= 4 is 5.71 Å². The van der Waals surface area contributed by atoms with Gasteiger partial charge in [-0.25, -0.2) is 0 Å². The summed E-state index contributed by atoms with van der Waals surface area (Å²) in [6, 6.07) is 13.7. The molecule has 136 valence electrons. The van der Waals surface area contributed by atoms with Gasteiger partial charge >= 0.3 is 0 Å². The molecular weight excluding hydrogens is 338 g/mol. The Labute approximate surface area is 159 Å². The van der Waals surface area contributed by atoms with Crippen LogP contribution in [-0.2, 0) is 0 Å². The molecule has 0 saturated heterocycles. The van der Waals surface area contributed by atoms with Gasteiger partial charge in [-0.15, -0.1) is 0 Å². The second-order valence-electron chi connectivity index (χ2n) is 6.92. The van der Waals surface area contributed by atoms with Crippen LogP contribution in [0.4, 0.5) is 0 Å². The topological polar surface area (TPSA) is 108 Å². The van der Waals surface area contributed by atoms with Crippen molar-refractivity contribution in [3.8, 4) is 24.0 Å². The maximum atomic E-state index is 9.99. The SMILES string of the molecule is CCN1CC=C2C(C#N)C(=N)C(C#N)(C#N)[C@@H](c3ccc(OC)cc3)[C@@H]2C1. The van der Waals surface area contributed by atoms with E-state index in [2.05, 4.69) is 30.0 Å². The lowest BCUT2D eigenvalue weighted by molar-refractivity contribution is 0.211. The third-order valence-corrected chi connectivity index (χ3v) is 5.79. The molecule has 0 amide bonds. The zero-order chi connectivity index (χ0) is 19.6. The van der Waals surface area contributed by atoms with Gasteiger partial charge in [0.25, 0.3) is 0 Å². The van der Waals surface area contributed by atoms with E-state index < -0.39 is 17.3 Å². The Morgan fingerprint density at radius 3 is 2.41 bits per heavy atom. The Balaban J connectivity index is 2.21. The van der Waals surface area contributed by atoms with Crippen molar-refractivity contribution in [3.63, 3.8) is 0 Å². The molecule has 6 nitrogen and oxygen atoms in total. The van der Waals surface area contributed by atoms with Crippen LogP contribution in [0.3, 0.4) is 0 Å². The molecule has 27 heavy (non-hydrogen) atoms. The van der Waals surface area contributed by atoms with E-state index in [0.29, 0.717) is 12.3 Å². The number of methoxy groups -OCH3 is 1. The number of likely N-dealkylation sites (N-methyl/N-ethyl adjacent to an activating group) is 1. The van der Waals surface area contributed by atoms with Crippen LogP contribution >= 0.6 is 0 Å². The van der Waals surface area contributed by atoms with Gasteiger partial charge in [-0.2, -0.15) is 15.8 Å². The Morgan fingerprint density at radius 2 is 1.89 bits per heavy atom. The van der Waals surface area contributed by atoms with Gasteiger partial charge in [0.1, 0.15) is 11.7 Å². The first-order chi connectivity index (χ1) is 13.1. The summed E-state index contributed by atoms with van der Waals surface area (Å²) < 4.78 is 5.22. The van der Waals surface area contributed by atoms with Crippen LogP contribution in [0.2, 0.25) is 0 Å². The molecule has 0 radical (unpaired) electrons. The summed E-state index contributed by atoms with van der Waals surface area (Å²) in [5, 5.41) is 38.3. The van der Waals surface area contributed by atoms with E-state index >= 15 is 0 Å². The molecule has 1 aliphatic heterocycles. The first kappa shape index (κ1) is 18.6. The number of rotatable bonds is 3. The Morgan fingerprint density at radius 1 is 1.22 bits per heavy atom. The normalized spacial score (nSPS) is 26.7. The molecule has 6 heteroatoms. The standard InChI is InChI=1S/C21H21N5O/c1-3-26-9-8-16-17(10-22)20(25)21(12-23,13-24)19(18(16)11-26)14-4-6-15(27-2)7-5-14/h4-8,17-19,25H,3,9,11H2,1-2H3/t17?,18-,19+/m1/s1. The first-order valence-corrected chi connectivity index (χ1v) is 8.93. The lowest BCUT2D eigenvalue weighted by Crippen LogP contribution is -2.52. The van der Waals surface area contributed by atoms with E-state index in [0.717, 1.165) is 24.2 Å². The summed E-state index contributed by atoms with van der Waals surface area (Å²) >= 11 is 0. The number of hydrogen-bond acceptors (Lipinski definition) is 6. The van der Waals surface area contributed by atoms with E-state index in [1.165, 1.54) is 0 Å². The zero-order valence-corrected chi connectivity index (χ0v) is 15.4. The Kier molecular flexibility index (Phi) is 5.00. The third kappa shape index (κ3) is 2.78. The van der Waals surface area contributed by atoms with Crippen LogP contribution in [0.15, 0.2) is 35.9 Å². The fourth-order valence-corrected chi connectivity index (χ4v) is 4.31. The molecule has 1 unspecified atom stereocenters. The molecule has 1 aliphatic carbocycles. The molecule has 3 rings (SSSR count). The number of fused-ring (bicyclic) bond motifs is 1. The molecule has 2 aliphatic rings. The van der Waals surface area contributed by atoms with Crippen LogP contribution < -0.4 is 4.74 Å². The number of nitriles is 3. The van der Waals surface area contributed by atoms with Gasteiger partial charge in [-0.3, -0.25) is 4.90 Å². The second kappa shape index (κ2) is 7.23. The average Bonchev–Trinajstić information content (AvgIpc) is 2.73. The summed E-state index contributed by atoms with van der Waals surface area (Å²) in [4.78, 5) is 2.23. The van der Waals surface area contributed by atoms with E-state index in [1.54, 1.807) is 19.2 Å². The van der Waals surface area contributed by atoms with Crippen molar-refractivity contribution in [2.75, 3.05) is 26.7 Å². The van der Waals surface area contributed by atoms with E-state index in [-0.39, 0.29) is 11.6 Å². The van der Waals surface area contributed by atoms with Gasteiger partial charge < -0.3 is 10.1 Å². The number of benzene rings is 1. The molecular formula is C21H21N5O. The summed E-state index contributed by atoms with van der Waals surface area (Å²) in [5.41, 5.74) is -0.0837. The number of nitrogens with zero attached hydrogens (tertiary/aromatic N) is 4. The third-order valence-electron chi connectivity index (χ3n) is 5.79. The lowest BCUT2D eigenvalue weighted by atomic mass is 9.54. The van der Waals surface area contributed by atoms with Gasteiger partial charge in [0.2, 0.25) is 0 Å². The maximum absolute atomic E-state index is 9.99. The quantitative estimate of drug-likeness (QED) is 0.835. The summed E-state index contributed by atoms with van der Waals surface area (Å²) in [5.74, 6) is -0.794. The molecule has 1 fully saturated rings. The van der Waals surface area contributed by atoms with Gasteiger partial charge in [0.15, 0.2) is 5.41 Å². The van der Waals surface area contributed by atoms with Gasteiger partial charge in [-0.05, 0) is 29.8 Å². The Bertz CT molecular complexity index is 882. The first-order valence-electron chi connectivity index (χ1n) is 8.93. The zero-order valence-electron chi connectivity index (χ0n) is 15.4. The summed E-state index contributed by atoms with van der Waals surface area (Å²) in [7, 11) is 1.58. The summed E-state index contributed by atoms with van der Waals surface area (Å²) in [6.45, 7) is 4.29. The molecule has 1 aromatic carbocycles. The van der Waals surface area contributed by atoms with Crippen LogP contribution in [-0.4, -0.2) is 37.4 Å². The molecule has 1 N–H and O–H groups in total. The molecule has 0 spiro atoms. The highest BCUT2D eigenvalue weighted by atomic mass is 16.5. The van der Waals surface area contributed by atoms with Crippen molar-refractivity contribution in [1.82, 2.24) is 4.90 Å². The maximum Gasteiger partial charge on any atom is 0.189 e. The van der Waals surface area contributed by atoms with E-state index in [9.17, 15) is 15.8 Å². The molecule has 1 saturated carbocycles. The van der Waals surface area contributed by atoms with Crippen LogP contribution in [0, 0.1) is 56.7 Å². The van der Waals surface area contributed by atoms with Crippen molar-refractivity contribution in [2.45, 2.75) is 12.8 Å². The highest BCUT2D eigenvalue weighted by molar-refractivity contribution is 6.00. The van der Waals surface area contributed by atoms with Gasteiger partial charge in [-0.1, -0.05) is 25.1 Å². The van der Waals surface area contributed by atoms with Crippen LogP contribution in [0.5, 0.6) is 5.75 Å². The largest absolute Gasteiger partial charge is 0.497 e. The fourth-order valence-electron chi connectivity index (χ4n) is 4.31. The number of nitrogens with one attached hydrogen (secondary N) is 1. The Hall–Kier alpha value is -3.14. The monoisotopic (exact) mass is 359 g/mol. The smallest absolute Gasteiger partial charge is 0.189 e.